The molecule has 0 bridgehead atoms. The van der Waals surface area contributed by atoms with Gasteiger partial charge in [-0.15, -0.1) is 11.3 Å². The van der Waals surface area contributed by atoms with Crippen LogP contribution in [0.25, 0.3) is 10.6 Å². The summed E-state index contributed by atoms with van der Waals surface area (Å²) in [4.78, 5) is 25.8. The minimum absolute atomic E-state index is 0.0118. The molecule has 3 aromatic rings. The number of esters is 1. The van der Waals surface area contributed by atoms with Crippen molar-refractivity contribution in [1.29, 1.82) is 0 Å². The molecule has 3 rings (SSSR count). The zero-order valence-electron chi connectivity index (χ0n) is 16.2. The Morgan fingerprint density at radius 2 is 1.93 bits per heavy atom. The van der Waals surface area contributed by atoms with Gasteiger partial charge >= 0.3 is 5.97 Å². The van der Waals surface area contributed by atoms with Crippen LogP contribution in [0.2, 0.25) is 0 Å². The standard InChI is InChI=1S/C21H22N2O5S/c1-3-27-21(26)15-5-7-17(8-6-15)28-13-16(24)12-23-20(25)11-9-18(22-23)19-10-4-14(2)29-19/h4-11,16,24H,3,12-13H2,1-2H3. The molecule has 2 aromatic heterocycles. The van der Waals surface area contributed by atoms with Crippen molar-refractivity contribution in [3.05, 3.63) is 69.3 Å². The van der Waals surface area contributed by atoms with E-state index in [-0.39, 0.29) is 18.7 Å². The first-order valence-corrected chi connectivity index (χ1v) is 10.0. The second-order valence-electron chi connectivity index (χ2n) is 6.36. The third-order valence-electron chi connectivity index (χ3n) is 4.05. The first-order chi connectivity index (χ1) is 14.0. The second-order valence-corrected chi connectivity index (χ2v) is 7.65. The monoisotopic (exact) mass is 414 g/mol. The van der Waals surface area contributed by atoms with Crippen molar-refractivity contribution >= 4 is 17.3 Å². The number of ether oxygens (including phenoxy) is 2. The highest BCUT2D eigenvalue weighted by molar-refractivity contribution is 7.15. The van der Waals surface area contributed by atoms with Crippen molar-refractivity contribution in [2.24, 2.45) is 0 Å². The molecule has 1 unspecified atom stereocenters. The van der Waals surface area contributed by atoms with Crippen LogP contribution < -0.4 is 10.3 Å². The number of aliphatic hydroxyl groups is 1. The Bertz CT molecular complexity index is 1030. The van der Waals surface area contributed by atoms with Gasteiger partial charge in [0.2, 0.25) is 0 Å². The number of hydrogen-bond donors (Lipinski definition) is 1. The summed E-state index contributed by atoms with van der Waals surface area (Å²) in [5, 5.41) is 14.6. The van der Waals surface area contributed by atoms with Gasteiger partial charge < -0.3 is 14.6 Å². The fourth-order valence-electron chi connectivity index (χ4n) is 2.63. The SMILES string of the molecule is CCOC(=O)c1ccc(OCC(O)Cn2nc(-c3ccc(C)s3)ccc2=O)cc1. The average Bonchev–Trinajstić information content (AvgIpc) is 3.15. The fourth-order valence-corrected chi connectivity index (χ4v) is 3.46. The molecule has 152 valence electrons. The summed E-state index contributed by atoms with van der Waals surface area (Å²) in [7, 11) is 0. The molecular formula is C21H22N2O5S. The summed E-state index contributed by atoms with van der Waals surface area (Å²) in [6.45, 7) is 4.05. The van der Waals surface area contributed by atoms with Gasteiger partial charge in [0.05, 0.1) is 23.6 Å². The van der Waals surface area contributed by atoms with Crippen molar-refractivity contribution in [3.8, 4) is 16.3 Å². The van der Waals surface area contributed by atoms with Gasteiger partial charge in [0, 0.05) is 10.9 Å². The Hall–Kier alpha value is -2.97. The maximum atomic E-state index is 12.1. The lowest BCUT2D eigenvalue weighted by Crippen LogP contribution is -2.31. The summed E-state index contributed by atoms with van der Waals surface area (Å²) in [5.41, 5.74) is 0.821. The number of benzene rings is 1. The topological polar surface area (TPSA) is 90.7 Å². The summed E-state index contributed by atoms with van der Waals surface area (Å²) in [6.07, 6.45) is -0.926. The molecule has 1 N–H and O–H groups in total. The van der Waals surface area contributed by atoms with E-state index in [2.05, 4.69) is 5.10 Å². The summed E-state index contributed by atoms with van der Waals surface area (Å²) < 4.78 is 11.7. The molecule has 8 heteroatoms. The molecule has 0 spiro atoms. The average molecular weight is 414 g/mol. The van der Waals surface area contributed by atoms with Gasteiger partial charge in [-0.2, -0.15) is 5.10 Å². The molecule has 7 nitrogen and oxygen atoms in total. The van der Waals surface area contributed by atoms with Gasteiger partial charge in [-0.3, -0.25) is 4.79 Å². The Balaban J connectivity index is 1.60. The van der Waals surface area contributed by atoms with Crippen LogP contribution in [0.1, 0.15) is 22.2 Å². The maximum Gasteiger partial charge on any atom is 0.338 e. The molecule has 1 atom stereocenters. The Morgan fingerprint density at radius 3 is 2.59 bits per heavy atom. The Kier molecular flexibility index (Phi) is 6.79. The quantitative estimate of drug-likeness (QED) is 0.570. The van der Waals surface area contributed by atoms with E-state index in [1.807, 2.05) is 19.1 Å². The molecule has 1 aromatic carbocycles. The van der Waals surface area contributed by atoms with Crippen LogP contribution in [0.3, 0.4) is 0 Å². The third kappa shape index (κ3) is 5.52. The number of rotatable bonds is 8. The van der Waals surface area contributed by atoms with Crippen LogP contribution in [-0.4, -0.2) is 40.2 Å². The van der Waals surface area contributed by atoms with Crippen LogP contribution in [0.4, 0.5) is 0 Å². The second kappa shape index (κ2) is 9.49. The molecule has 0 aliphatic rings. The van der Waals surface area contributed by atoms with Crippen LogP contribution in [0.15, 0.2) is 53.3 Å². The number of aromatic nitrogens is 2. The molecule has 0 amide bonds. The molecule has 0 aliphatic heterocycles. The first-order valence-electron chi connectivity index (χ1n) is 9.19. The van der Waals surface area contributed by atoms with Gasteiger partial charge in [-0.25, -0.2) is 9.48 Å². The molecule has 0 fully saturated rings. The molecule has 0 aliphatic carbocycles. The van der Waals surface area contributed by atoms with Crippen LogP contribution >= 0.6 is 11.3 Å². The largest absolute Gasteiger partial charge is 0.491 e. The normalized spacial score (nSPS) is 11.8. The zero-order chi connectivity index (χ0) is 20.8. The van der Waals surface area contributed by atoms with E-state index in [0.717, 1.165) is 9.75 Å². The molecule has 0 saturated heterocycles. The number of aryl methyl sites for hydroxylation is 1. The summed E-state index contributed by atoms with van der Waals surface area (Å²) in [5.74, 6) is 0.102. The summed E-state index contributed by atoms with van der Waals surface area (Å²) >= 11 is 1.59. The van der Waals surface area contributed by atoms with E-state index < -0.39 is 12.1 Å². The molecule has 0 radical (unpaired) electrons. The number of hydrogen-bond acceptors (Lipinski definition) is 7. The van der Waals surface area contributed by atoms with Crippen molar-refractivity contribution in [1.82, 2.24) is 9.78 Å². The number of carbonyl (C=O) groups is 1. The number of aliphatic hydroxyl groups excluding tert-OH is 1. The highest BCUT2D eigenvalue weighted by Crippen LogP contribution is 2.25. The van der Waals surface area contributed by atoms with Gasteiger partial charge in [-0.05, 0) is 56.3 Å². The predicted octanol–water partition coefficient (Wildman–Crippen LogP) is 2.90. The first kappa shape index (κ1) is 20.8. The van der Waals surface area contributed by atoms with Crippen molar-refractivity contribution in [2.75, 3.05) is 13.2 Å². The van der Waals surface area contributed by atoms with Gasteiger partial charge in [0.1, 0.15) is 24.2 Å². The highest BCUT2D eigenvalue weighted by atomic mass is 32.1. The molecule has 29 heavy (non-hydrogen) atoms. The van der Waals surface area contributed by atoms with Crippen molar-refractivity contribution in [3.63, 3.8) is 0 Å². The Morgan fingerprint density at radius 1 is 1.17 bits per heavy atom. The van der Waals surface area contributed by atoms with E-state index in [4.69, 9.17) is 9.47 Å². The lowest BCUT2D eigenvalue weighted by Gasteiger charge is -2.14. The van der Waals surface area contributed by atoms with E-state index in [1.54, 1.807) is 48.6 Å². The van der Waals surface area contributed by atoms with Crippen LogP contribution in [-0.2, 0) is 11.3 Å². The van der Waals surface area contributed by atoms with Crippen LogP contribution in [0.5, 0.6) is 5.75 Å². The van der Waals surface area contributed by atoms with E-state index in [0.29, 0.717) is 23.6 Å². The Labute approximate surface area is 172 Å². The van der Waals surface area contributed by atoms with Gasteiger partial charge in [0.25, 0.3) is 5.56 Å². The smallest absolute Gasteiger partial charge is 0.338 e. The van der Waals surface area contributed by atoms with Crippen LogP contribution in [0, 0.1) is 6.92 Å². The number of thiophene rings is 1. The minimum Gasteiger partial charge on any atom is -0.491 e. The summed E-state index contributed by atoms with van der Waals surface area (Å²) in [6, 6.07) is 13.5. The lowest BCUT2D eigenvalue weighted by molar-refractivity contribution is 0.0526. The van der Waals surface area contributed by atoms with E-state index in [9.17, 15) is 14.7 Å². The zero-order valence-corrected chi connectivity index (χ0v) is 17.0. The number of carbonyl (C=O) groups excluding carboxylic acids is 1. The van der Waals surface area contributed by atoms with E-state index >= 15 is 0 Å². The minimum atomic E-state index is -0.926. The van der Waals surface area contributed by atoms with Crippen molar-refractivity contribution < 1.29 is 19.4 Å². The fraction of sp³-hybridized carbons (Fsp3) is 0.286. The van der Waals surface area contributed by atoms with E-state index in [1.165, 1.54) is 10.7 Å². The predicted molar refractivity (Wildman–Crippen MR) is 110 cm³/mol. The third-order valence-corrected chi connectivity index (χ3v) is 5.07. The number of nitrogens with zero attached hydrogens (tertiary/aromatic N) is 2. The molecule has 0 saturated carbocycles. The van der Waals surface area contributed by atoms with Crippen molar-refractivity contribution in [2.45, 2.75) is 26.5 Å². The molecular weight excluding hydrogens is 392 g/mol. The van der Waals surface area contributed by atoms with Gasteiger partial charge in [-0.1, -0.05) is 0 Å². The maximum absolute atomic E-state index is 12.1. The molecule has 2 heterocycles. The lowest BCUT2D eigenvalue weighted by atomic mass is 10.2. The highest BCUT2D eigenvalue weighted by Gasteiger charge is 2.12. The van der Waals surface area contributed by atoms with Gasteiger partial charge in [0.15, 0.2) is 0 Å².